The third-order valence-electron chi connectivity index (χ3n) is 5.27. The van der Waals surface area contributed by atoms with Crippen LogP contribution >= 0.6 is 0 Å². The van der Waals surface area contributed by atoms with Gasteiger partial charge in [-0.25, -0.2) is 16.8 Å². The van der Waals surface area contributed by atoms with Crippen molar-refractivity contribution in [2.75, 3.05) is 4.72 Å². The van der Waals surface area contributed by atoms with Crippen molar-refractivity contribution in [1.82, 2.24) is 0 Å². The first kappa shape index (κ1) is 18.3. The van der Waals surface area contributed by atoms with E-state index in [1.165, 1.54) is 37.0 Å². The summed E-state index contributed by atoms with van der Waals surface area (Å²) in [5.41, 5.74) is 1.98. The van der Waals surface area contributed by atoms with E-state index in [-0.39, 0.29) is 15.5 Å². The van der Waals surface area contributed by atoms with E-state index in [1.54, 1.807) is 24.3 Å². The summed E-state index contributed by atoms with van der Waals surface area (Å²) >= 11 is 0. The van der Waals surface area contributed by atoms with Gasteiger partial charge in [-0.15, -0.1) is 0 Å². The molecule has 1 heterocycles. The van der Waals surface area contributed by atoms with Crippen LogP contribution in [0.15, 0.2) is 57.7 Å². The summed E-state index contributed by atoms with van der Waals surface area (Å²) in [5.74, 6) is 0.512. The molecule has 1 fully saturated rings. The number of benzene rings is 2. The lowest BCUT2D eigenvalue weighted by atomic mass is 9.84. The largest absolute Gasteiger partial charge is 0.280 e. The molecule has 0 aromatic heterocycles. The van der Waals surface area contributed by atoms with Crippen molar-refractivity contribution in [1.29, 1.82) is 0 Å². The number of nitrogens with one attached hydrogen (secondary N) is 1. The summed E-state index contributed by atoms with van der Waals surface area (Å²) < 4.78 is 51.8. The quantitative estimate of drug-likeness (QED) is 0.826. The minimum atomic E-state index is -3.78. The van der Waals surface area contributed by atoms with Crippen LogP contribution in [0.3, 0.4) is 0 Å². The van der Waals surface area contributed by atoms with Crippen LogP contribution in [0.4, 0.5) is 5.69 Å². The maximum absolute atomic E-state index is 12.7. The molecule has 0 atom stereocenters. The Morgan fingerprint density at radius 3 is 2.33 bits per heavy atom. The van der Waals surface area contributed by atoms with E-state index in [4.69, 9.17) is 0 Å². The van der Waals surface area contributed by atoms with Gasteiger partial charge >= 0.3 is 0 Å². The average Bonchev–Trinajstić information content (AvgIpc) is 2.97. The molecule has 0 spiro atoms. The lowest BCUT2D eigenvalue weighted by Gasteiger charge is -2.22. The molecule has 7 heteroatoms. The normalized spacial score (nSPS) is 19.0. The summed E-state index contributed by atoms with van der Waals surface area (Å²) in [6.07, 6.45) is 7.54. The van der Waals surface area contributed by atoms with E-state index in [9.17, 15) is 16.8 Å². The first-order valence-electron chi connectivity index (χ1n) is 9.05. The first-order valence-corrected chi connectivity index (χ1v) is 12.1. The van der Waals surface area contributed by atoms with Crippen molar-refractivity contribution in [3.8, 4) is 0 Å². The van der Waals surface area contributed by atoms with Crippen LogP contribution < -0.4 is 4.72 Å². The van der Waals surface area contributed by atoms with Gasteiger partial charge in [0, 0.05) is 5.41 Å². The molecule has 142 valence electrons. The number of sulfonamides is 1. The zero-order chi connectivity index (χ0) is 19.1. The van der Waals surface area contributed by atoms with Gasteiger partial charge in [0.15, 0.2) is 0 Å². The molecule has 0 amide bonds. The lowest BCUT2D eigenvalue weighted by molar-refractivity contribution is 0.443. The number of hydrogen-bond donors (Lipinski definition) is 1. The van der Waals surface area contributed by atoms with Crippen LogP contribution in [-0.4, -0.2) is 16.8 Å². The van der Waals surface area contributed by atoms with E-state index in [2.05, 4.69) is 4.72 Å². The minimum absolute atomic E-state index is 0.121. The van der Waals surface area contributed by atoms with Gasteiger partial charge in [0.05, 0.1) is 15.5 Å². The second-order valence-corrected chi connectivity index (χ2v) is 10.6. The monoisotopic (exact) mass is 403 g/mol. The number of rotatable bonds is 4. The van der Waals surface area contributed by atoms with Crippen LogP contribution in [-0.2, 0) is 19.9 Å². The number of fused-ring (bicyclic) bond motifs is 1. The van der Waals surface area contributed by atoms with Crippen LogP contribution in [0.5, 0.6) is 0 Å². The molecular weight excluding hydrogens is 382 g/mol. The van der Waals surface area contributed by atoms with E-state index in [0.29, 0.717) is 11.5 Å². The maximum atomic E-state index is 12.7. The fourth-order valence-electron chi connectivity index (χ4n) is 3.79. The minimum Gasteiger partial charge on any atom is -0.280 e. The van der Waals surface area contributed by atoms with Crippen LogP contribution in [0.2, 0.25) is 0 Å². The van der Waals surface area contributed by atoms with Crippen LogP contribution in [0.25, 0.3) is 6.08 Å². The molecule has 27 heavy (non-hydrogen) atoms. The fourth-order valence-corrected chi connectivity index (χ4v) is 6.06. The molecule has 1 aliphatic carbocycles. The van der Waals surface area contributed by atoms with Gasteiger partial charge in [-0.05, 0) is 60.2 Å². The first-order chi connectivity index (χ1) is 12.9. The molecule has 0 saturated heterocycles. The standard InChI is InChI=1S/C20H21NO4S2/c22-26(23)13-12-17-6-9-18(14-20(17)26)21-27(24,25)19-10-7-16(8-11-19)15-4-2-1-3-5-15/h6-15,21H,1-5H2. The van der Waals surface area contributed by atoms with Crippen molar-refractivity contribution >= 4 is 31.6 Å². The topological polar surface area (TPSA) is 80.3 Å². The van der Waals surface area contributed by atoms with Gasteiger partial charge in [0.1, 0.15) is 0 Å². The Morgan fingerprint density at radius 1 is 0.926 bits per heavy atom. The predicted octanol–water partition coefficient (Wildman–Crippen LogP) is 4.29. The third-order valence-corrected chi connectivity index (χ3v) is 8.12. The van der Waals surface area contributed by atoms with Gasteiger partial charge in [-0.2, -0.15) is 0 Å². The second-order valence-electron chi connectivity index (χ2n) is 7.11. The molecule has 0 bridgehead atoms. The van der Waals surface area contributed by atoms with Crippen LogP contribution in [0, 0.1) is 0 Å². The number of sulfone groups is 1. The zero-order valence-electron chi connectivity index (χ0n) is 14.8. The number of hydrogen-bond acceptors (Lipinski definition) is 4. The van der Waals surface area contributed by atoms with E-state index in [1.807, 2.05) is 12.1 Å². The summed E-state index contributed by atoms with van der Waals surface area (Å²) in [6, 6.07) is 11.6. The Morgan fingerprint density at radius 2 is 1.63 bits per heavy atom. The molecule has 2 aromatic carbocycles. The molecule has 2 aromatic rings. The van der Waals surface area contributed by atoms with E-state index >= 15 is 0 Å². The van der Waals surface area contributed by atoms with Crippen molar-refractivity contribution in [3.05, 3.63) is 59.0 Å². The van der Waals surface area contributed by atoms with Crippen molar-refractivity contribution in [3.63, 3.8) is 0 Å². The molecule has 5 nitrogen and oxygen atoms in total. The Bertz CT molecular complexity index is 1100. The highest BCUT2D eigenvalue weighted by Gasteiger charge is 2.23. The van der Waals surface area contributed by atoms with E-state index < -0.39 is 19.9 Å². The second kappa shape index (κ2) is 6.80. The zero-order valence-corrected chi connectivity index (χ0v) is 16.4. The van der Waals surface area contributed by atoms with E-state index in [0.717, 1.165) is 18.2 Å². The summed E-state index contributed by atoms with van der Waals surface area (Å²) in [6.45, 7) is 0. The molecule has 1 saturated carbocycles. The Labute approximate surface area is 160 Å². The predicted molar refractivity (Wildman–Crippen MR) is 106 cm³/mol. The highest BCUT2D eigenvalue weighted by atomic mass is 32.2. The SMILES string of the molecule is O=S1(=O)C=Cc2ccc(NS(=O)(=O)c3ccc(C4CCCCC4)cc3)cc21. The van der Waals surface area contributed by atoms with Gasteiger partial charge in [-0.1, -0.05) is 37.5 Å². The third kappa shape index (κ3) is 3.66. The molecule has 4 rings (SSSR count). The fraction of sp³-hybridized carbons (Fsp3) is 0.300. The van der Waals surface area contributed by atoms with Crippen molar-refractivity contribution < 1.29 is 16.8 Å². The van der Waals surface area contributed by atoms with Crippen molar-refractivity contribution in [2.24, 2.45) is 0 Å². The molecule has 0 radical (unpaired) electrons. The average molecular weight is 404 g/mol. The van der Waals surface area contributed by atoms with Crippen LogP contribution in [0.1, 0.15) is 49.1 Å². The molecular formula is C20H21NO4S2. The molecule has 1 aliphatic heterocycles. The van der Waals surface area contributed by atoms with Gasteiger partial charge in [0.25, 0.3) is 10.0 Å². The highest BCUT2D eigenvalue weighted by molar-refractivity contribution is 7.95. The lowest BCUT2D eigenvalue weighted by Crippen LogP contribution is -2.13. The Balaban J connectivity index is 1.56. The Hall–Kier alpha value is -2.12. The summed E-state index contributed by atoms with van der Waals surface area (Å²) in [4.78, 5) is 0.291. The molecule has 2 aliphatic rings. The molecule has 0 unspecified atom stereocenters. The molecule has 1 N–H and O–H groups in total. The van der Waals surface area contributed by atoms with Gasteiger partial charge in [0.2, 0.25) is 9.84 Å². The smallest absolute Gasteiger partial charge is 0.261 e. The van der Waals surface area contributed by atoms with Crippen molar-refractivity contribution in [2.45, 2.75) is 47.8 Å². The maximum Gasteiger partial charge on any atom is 0.261 e. The summed E-state index contributed by atoms with van der Waals surface area (Å²) in [7, 11) is -7.26. The van der Waals surface area contributed by atoms with Gasteiger partial charge in [-0.3, -0.25) is 4.72 Å². The number of anilines is 1. The highest BCUT2D eigenvalue weighted by Crippen LogP contribution is 2.33. The Kier molecular flexibility index (Phi) is 4.60. The summed E-state index contributed by atoms with van der Waals surface area (Å²) in [5, 5.41) is 1.12. The van der Waals surface area contributed by atoms with Gasteiger partial charge < -0.3 is 0 Å².